The van der Waals surface area contributed by atoms with Crippen LogP contribution in [0.4, 0.5) is 13.2 Å². The van der Waals surface area contributed by atoms with Crippen molar-refractivity contribution in [2.24, 2.45) is 0 Å². The fraction of sp³-hybridized carbons (Fsp3) is 0.455. The fourth-order valence-corrected chi connectivity index (χ4v) is 1.73. The first kappa shape index (κ1) is 14.8. The Hall–Kier alpha value is -1.24. The van der Waals surface area contributed by atoms with Crippen LogP contribution in [0.5, 0.6) is 5.75 Å². The molecule has 0 bridgehead atoms. The normalized spacial score (nSPS) is 12.4. The van der Waals surface area contributed by atoms with Gasteiger partial charge in [0.25, 0.3) is 0 Å². The van der Waals surface area contributed by atoms with Crippen molar-refractivity contribution in [2.75, 3.05) is 0 Å². The molecule has 0 fully saturated rings. The Morgan fingerprint density at radius 1 is 1.17 bits per heavy atom. The van der Waals surface area contributed by atoms with Crippen molar-refractivity contribution >= 4 is 10.1 Å². The summed E-state index contributed by atoms with van der Waals surface area (Å²) in [5.74, 6) is -0.340. The summed E-state index contributed by atoms with van der Waals surface area (Å²) in [7, 11) is -5.58. The molecule has 7 heteroatoms. The van der Waals surface area contributed by atoms with E-state index in [0.717, 1.165) is 24.8 Å². The zero-order valence-corrected chi connectivity index (χ0v) is 10.5. The smallest absolute Gasteiger partial charge is 0.376 e. The van der Waals surface area contributed by atoms with Crippen molar-refractivity contribution in [3.05, 3.63) is 29.8 Å². The van der Waals surface area contributed by atoms with E-state index in [1.54, 1.807) is 12.1 Å². The number of rotatable bonds is 5. The van der Waals surface area contributed by atoms with Gasteiger partial charge in [-0.3, -0.25) is 0 Å². The first-order valence-corrected chi connectivity index (χ1v) is 6.77. The zero-order chi connectivity index (χ0) is 13.8. The molecule has 0 amide bonds. The molecular formula is C11H13F3O3S. The second kappa shape index (κ2) is 5.60. The van der Waals surface area contributed by atoms with E-state index >= 15 is 0 Å². The van der Waals surface area contributed by atoms with Crippen molar-refractivity contribution in [1.29, 1.82) is 0 Å². The van der Waals surface area contributed by atoms with Gasteiger partial charge in [-0.1, -0.05) is 25.5 Å². The van der Waals surface area contributed by atoms with Crippen molar-refractivity contribution in [2.45, 2.75) is 31.7 Å². The number of hydrogen-bond acceptors (Lipinski definition) is 3. The summed E-state index contributed by atoms with van der Waals surface area (Å²) in [5, 5.41) is 0. The fourth-order valence-electron chi connectivity index (χ4n) is 1.27. The third-order valence-corrected chi connectivity index (χ3v) is 3.21. The molecule has 102 valence electrons. The summed E-state index contributed by atoms with van der Waals surface area (Å²) >= 11 is 0. The minimum atomic E-state index is -5.58. The Morgan fingerprint density at radius 2 is 1.72 bits per heavy atom. The maximum Gasteiger partial charge on any atom is 0.534 e. The molecule has 1 rings (SSSR count). The number of aryl methyl sites for hydroxylation is 1. The quantitative estimate of drug-likeness (QED) is 0.615. The Kier molecular flexibility index (Phi) is 4.61. The summed E-state index contributed by atoms with van der Waals surface area (Å²) in [6, 6.07) is 5.54. The Bertz CT molecular complexity index is 477. The average molecular weight is 282 g/mol. The number of alkyl halides is 3. The van der Waals surface area contributed by atoms with Gasteiger partial charge in [-0.05, 0) is 30.5 Å². The molecule has 0 saturated heterocycles. The monoisotopic (exact) mass is 282 g/mol. The molecule has 1 aromatic carbocycles. The molecule has 0 aliphatic carbocycles. The van der Waals surface area contributed by atoms with E-state index in [1.807, 2.05) is 6.92 Å². The predicted molar refractivity (Wildman–Crippen MR) is 60.7 cm³/mol. The highest BCUT2D eigenvalue weighted by molar-refractivity contribution is 7.87. The molecule has 0 N–H and O–H groups in total. The molecule has 0 radical (unpaired) electrons. The maximum absolute atomic E-state index is 12.1. The number of unbranched alkanes of at least 4 members (excludes halogenated alkanes) is 1. The molecule has 3 nitrogen and oxygen atoms in total. The summed E-state index contributed by atoms with van der Waals surface area (Å²) in [4.78, 5) is 0. The van der Waals surface area contributed by atoms with Crippen LogP contribution in [-0.4, -0.2) is 13.9 Å². The van der Waals surface area contributed by atoms with Gasteiger partial charge in [0.2, 0.25) is 0 Å². The Labute approximate surface area is 104 Å². The van der Waals surface area contributed by atoms with Crippen LogP contribution in [-0.2, 0) is 16.5 Å². The number of halogens is 3. The van der Waals surface area contributed by atoms with E-state index in [-0.39, 0.29) is 5.75 Å². The summed E-state index contributed by atoms with van der Waals surface area (Å²) in [5.41, 5.74) is -4.48. The summed E-state index contributed by atoms with van der Waals surface area (Å²) in [6.45, 7) is 2.02. The second-order valence-corrected chi connectivity index (χ2v) is 5.27. The van der Waals surface area contributed by atoms with Gasteiger partial charge < -0.3 is 4.18 Å². The highest BCUT2D eigenvalue weighted by atomic mass is 32.2. The van der Waals surface area contributed by atoms with E-state index in [0.29, 0.717) is 0 Å². The van der Waals surface area contributed by atoms with E-state index < -0.39 is 15.6 Å². The third-order valence-electron chi connectivity index (χ3n) is 2.23. The van der Waals surface area contributed by atoms with Crippen molar-refractivity contribution in [3.8, 4) is 5.75 Å². The molecule has 0 aliphatic rings. The standard InChI is InChI=1S/C11H13F3O3S/c1-2-3-4-9-5-7-10(8-6-9)17-18(15,16)11(12,13)14/h5-8H,2-4H2,1H3. The Morgan fingerprint density at radius 3 is 2.17 bits per heavy atom. The molecule has 0 saturated carbocycles. The molecule has 0 aromatic heterocycles. The highest BCUT2D eigenvalue weighted by Gasteiger charge is 2.48. The molecule has 0 heterocycles. The molecule has 0 aliphatic heterocycles. The van der Waals surface area contributed by atoms with Crippen LogP contribution >= 0.6 is 0 Å². The van der Waals surface area contributed by atoms with Crippen molar-refractivity contribution < 1.29 is 25.8 Å². The minimum absolute atomic E-state index is 0.340. The SMILES string of the molecule is CCCCc1ccc(OS(=O)(=O)C(F)(F)F)cc1. The van der Waals surface area contributed by atoms with E-state index in [2.05, 4.69) is 4.18 Å². The summed E-state index contributed by atoms with van der Waals surface area (Å²) < 4.78 is 61.6. The van der Waals surface area contributed by atoms with Gasteiger partial charge in [0.15, 0.2) is 0 Å². The molecule has 0 spiro atoms. The third kappa shape index (κ3) is 3.90. The Balaban J connectivity index is 2.76. The number of hydrogen-bond donors (Lipinski definition) is 0. The van der Waals surface area contributed by atoms with E-state index in [1.165, 1.54) is 12.1 Å². The van der Waals surface area contributed by atoms with E-state index in [4.69, 9.17) is 0 Å². The molecule has 0 atom stereocenters. The van der Waals surface area contributed by atoms with Gasteiger partial charge in [-0.15, -0.1) is 0 Å². The molecular weight excluding hydrogens is 269 g/mol. The largest absolute Gasteiger partial charge is 0.534 e. The lowest BCUT2D eigenvalue weighted by Gasteiger charge is -2.09. The lowest BCUT2D eigenvalue weighted by molar-refractivity contribution is -0.0500. The molecule has 18 heavy (non-hydrogen) atoms. The minimum Gasteiger partial charge on any atom is -0.376 e. The first-order chi connectivity index (χ1) is 8.26. The lowest BCUT2D eigenvalue weighted by Crippen LogP contribution is -2.28. The zero-order valence-electron chi connectivity index (χ0n) is 9.70. The average Bonchev–Trinajstić information content (AvgIpc) is 2.26. The van der Waals surface area contributed by atoms with E-state index in [9.17, 15) is 21.6 Å². The highest BCUT2D eigenvalue weighted by Crippen LogP contribution is 2.27. The van der Waals surface area contributed by atoms with Crippen LogP contribution in [0.1, 0.15) is 25.3 Å². The topological polar surface area (TPSA) is 43.4 Å². The van der Waals surface area contributed by atoms with Crippen LogP contribution in [0.25, 0.3) is 0 Å². The van der Waals surface area contributed by atoms with Crippen LogP contribution in [0.15, 0.2) is 24.3 Å². The van der Waals surface area contributed by atoms with Crippen molar-refractivity contribution in [1.82, 2.24) is 0 Å². The maximum atomic E-state index is 12.1. The lowest BCUT2D eigenvalue weighted by atomic mass is 10.1. The van der Waals surface area contributed by atoms with Crippen LogP contribution < -0.4 is 4.18 Å². The van der Waals surface area contributed by atoms with Crippen molar-refractivity contribution in [3.63, 3.8) is 0 Å². The molecule has 0 unspecified atom stereocenters. The van der Waals surface area contributed by atoms with Gasteiger partial charge in [-0.2, -0.15) is 21.6 Å². The predicted octanol–water partition coefficient (Wildman–Crippen LogP) is 3.26. The van der Waals surface area contributed by atoms with Crippen LogP contribution in [0.2, 0.25) is 0 Å². The van der Waals surface area contributed by atoms with Gasteiger partial charge in [0.05, 0.1) is 0 Å². The molecule has 1 aromatic rings. The van der Waals surface area contributed by atoms with Gasteiger partial charge >= 0.3 is 15.6 Å². The van der Waals surface area contributed by atoms with Crippen LogP contribution in [0, 0.1) is 0 Å². The van der Waals surface area contributed by atoms with Gasteiger partial charge in [-0.25, -0.2) is 0 Å². The number of benzene rings is 1. The van der Waals surface area contributed by atoms with Gasteiger partial charge in [0.1, 0.15) is 5.75 Å². The summed E-state index contributed by atoms with van der Waals surface area (Å²) in [6.07, 6.45) is 2.75. The first-order valence-electron chi connectivity index (χ1n) is 5.36. The van der Waals surface area contributed by atoms with Crippen LogP contribution in [0.3, 0.4) is 0 Å². The van der Waals surface area contributed by atoms with Gasteiger partial charge in [0, 0.05) is 0 Å². The second-order valence-electron chi connectivity index (χ2n) is 3.73.